The van der Waals surface area contributed by atoms with Gasteiger partial charge in [-0.2, -0.15) is 0 Å². The van der Waals surface area contributed by atoms with Gasteiger partial charge < -0.3 is 10.5 Å². The van der Waals surface area contributed by atoms with E-state index in [4.69, 9.17) is 10.5 Å². The van der Waals surface area contributed by atoms with Gasteiger partial charge in [0.2, 0.25) is 0 Å². The summed E-state index contributed by atoms with van der Waals surface area (Å²) in [5.41, 5.74) is 7.00. The number of hydrogen-bond donors (Lipinski definition) is 1. The molecular formula is C16H25NO. The summed E-state index contributed by atoms with van der Waals surface area (Å²) in [4.78, 5) is 0. The summed E-state index contributed by atoms with van der Waals surface area (Å²) in [5.74, 6) is 1.91. The molecule has 0 aromatic heterocycles. The Labute approximate surface area is 111 Å². The molecule has 1 aliphatic carbocycles. The molecule has 1 aromatic rings. The molecule has 2 heteroatoms. The van der Waals surface area contributed by atoms with Gasteiger partial charge in [0.25, 0.3) is 0 Å². The van der Waals surface area contributed by atoms with Crippen molar-refractivity contribution in [2.75, 3.05) is 0 Å². The van der Waals surface area contributed by atoms with Crippen molar-refractivity contribution in [1.82, 2.24) is 0 Å². The molecule has 0 amide bonds. The molecule has 2 rings (SSSR count). The fourth-order valence-electron chi connectivity index (χ4n) is 2.70. The lowest BCUT2D eigenvalue weighted by Gasteiger charge is -2.28. The Hall–Kier alpha value is -1.02. The Balaban J connectivity index is 1.86. The van der Waals surface area contributed by atoms with E-state index in [-0.39, 0.29) is 6.04 Å². The molecule has 2 N–H and O–H groups in total. The molecule has 0 heterocycles. The number of ether oxygens (including phenoxy) is 1. The van der Waals surface area contributed by atoms with Crippen LogP contribution in [-0.2, 0) is 0 Å². The Morgan fingerprint density at radius 1 is 1.17 bits per heavy atom. The summed E-state index contributed by atoms with van der Waals surface area (Å²) in [6.07, 6.45) is 6.77. The van der Waals surface area contributed by atoms with Crippen molar-refractivity contribution in [3.05, 3.63) is 29.8 Å². The molecule has 0 saturated heterocycles. The fraction of sp³-hybridized carbons (Fsp3) is 0.625. The van der Waals surface area contributed by atoms with Gasteiger partial charge in [-0.05, 0) is 56.2 Å². The molecule has 1 atom stereocenters. The van der Waals surface area contributed by atoms with E-state index >= 15 is 0 Å². The maximum atomic E-state index is 6.04. The van der Waals surface area contributed by atoms with E-state index in [0.717, 1.165) is 17.2 Å². The van der Waals surface area contributed by atoms with Crippen LogP contribution in [0.2, 0.25) is 0 Å². The van der Waals surface area contributed by atoms with Crippen LogP contribution in [-0.4, -0.2) is 6.10 Å². The first kappa shape index (κ1) is 13.4. The number of benzene rings is 1. The van der Waals surface area contributed by atoms with Gasteiger partial charge in [0, 0.05) is 6.04 Å². The van der Waals surface area contributed by atoms with E-state index < -0.39 is 0 Å². The van der Waals surface area contributed by atoms with Crippen LogP contribution in [0, 0.1) is 5.92 Å². The van der Waals surface area contributed by atoms with Crippen molar-refractivity contribution in [3.63, 3.8) is 0 Å². The molecule has 1 aliphatic rings. The van der Waals surface area contributed by atoms with E-state index in [0.29, 0.717) is 6.10 Å². The van der Waals surface area contributed by atoms with Crippen molar-refractivity contribution < 1.29 is 4.74 Å². The van der Waals surface area contributed by atoms with Gasteiger partial charge in [-0.1, -0.05) is 25.5 Å². The highest BCUT2D eigenvalue weighted by molar-refractivity contribution is 5.28. The number of rotatable bonds is 4. The third kappa shape index (κ3) is 3.49. The van der Waals surface area contributed by atoms with Gasteiger partial charge in [-0.25, -0.2) is 0 Å². The summed E-state index contributed by atoms with van der Waals surface area (Å²) in [7, 11) is 0. The Bertz CT molecular complexity index is 350. The van der Waals surface area contributed by atoms with Crippen LogP contribution < -0.4 is 10.5 Å². The molecule has 2 nitrogen and oxygen atoms in total. The first-order valence-corrected chi connectivity index (χ1v) is 7.21. The van der Waals surface area contributed by atoms with Crippen LogP contribution >= 0.6 is 0 Å². The van der Waals surface area contributed by atoms with E-state index in [2.05, 4.69) is 19.1 Å². The Morgan fingerprint density at radius 2 is 1.78 bits per heavy atom. The maximum absolute atomic E-state index is 6.04. The van der Waals surface area contributed by atoms with Crippen LogP contribution in [0.3, 0.4) is 0 Å². The molecule has 100 valence electrons. The number of hydrogen-bond acceptors (Lipinski definition) is 2. The van der Waals surface area contributed by atoms with Gasteiger partial charge in [-0.3, -0.25) is 0 Å². The summed E-state index contributed by atoms with van der Waals surface area (Å²) in [6.45, 7) is 4.29. The number of nitrogens with two attached hydrogens (primary N) is 1. The van der Waals surface area contributed by atoms with Gasteiger partial charge in [0.1, 0.15) is 5.75 Å². The van der Waals surface area contributed by atoms with Crippen LogP contribution in [0.25, 0.3) is 0 Å². The zero-order chi connectivity index (χ0) is 13.0. The highest BCUT2D eigenvalue weighted by Crippen LogP contribution is 2.29. The topological polar surface area (TPSA) is 35.2 Å². The molecule has 0 spiro atoms. The molecule has 0 bridgehead atoms. The largest absolute Gasteiger partial charge is 0.490 e. The molecule has 1 fully saturated rings. The smallest absolute Gasteiger partial charge is 0.119 e. The predicted molar refractivity (Wildman–Crippen MR) is 75.7 cm³/mol. The normalized spacial score (nSPS) is 25.7. The Morgan fingerprint density at radius 3 is 2.28 bits per heavy atom. The van der Waals surface area contributed by atoms with E-state index in [1.54, 1.807) is 0 Å². The van der Waals surface area contributed by atoms with Crippen molar-refractivity contribution >= 4 is 0 Å². The minimum Gasteiger partial charge on any atom is -0.490 e. The molecule has 0 radical (unpaired) electrons. The second-order valence-corrected chi connectivity index (χ2v) is 5.53. The minimum atomic E-state index is 0.0963. The summed E-state index contributed by atoms with van der Waals surface area (Å²) >= 11 is 0. The minimum absolute atomic E-state index is 0.0963. The zero-order valence-electron chi connectivity index (χ0n) is 11.6. The molecule has 1 saturated carbocycles. The molecule has 0 aliphatic heterocycles. The first-order valence-electron chi connectivity index (χ1n) is 7.21. The first-order chi connectivity index (χ1) is 8.69. The molecule has 1 aromatic carbocycles. The van der Waals surface area contributed by atoms with E-state index in [1.807, 2.05) is 19.1 Å². The fourth-order valence-corrected chi connectivity index (χ4v) is 2.70. The van der Waals surface area contributed by atoms with Gasteiger partial charge >= 0.3 is 0 Å². The lowest BCUT2D eigenvalue weighted by atomic mass is 9.86. The maximum Gasteiger partial charge on any atom is 0.119 e. The summed E-state index contributed by atoms with van der Waals surface area (Å²) in [6, 6.07) is 8.32. The lowest BCUT2D eigenvalue weighted by molar-refractivity contribution is 0.130. The zero-order valence-corrected chi connectivity index (χ0v) is 11.6. The molecule has 1 unspecified atom stereocenters. The van der Waals surface area contributed by atoms with Crippen LogP contribution in [0.5, 0.6) is 5.75 Å². The average Bonchev–Trinajstić information content (AvgIpc) is 2.40. The van der Waals surface area contributed by atoms with Crippen molar-refractivity contribution in [1.29, 1.82) is 0 Å². The third-order valence-electron chi connectivity index (χ3n) is 4.08. The average molecular weight is 247 g/mol. The van der Waals surface area contributed by atoms with Crippen LogP contribution in [0.4, 0.5) is 0 Å². The van der Waals surface area contributed by atoms with Crippen molar-refractivity contribution in [2.45, 2.75) is 58.1 Å². The van der Waals surface area contributed by atoms with Gasteiger partial charge in [0.15, 0.2) is 0 Å². The van der Waals surface area contributed by atoms with Gasteiger partial charge in [0.05, 0.1) is 6.10 Å². The van der Waals surface area contributed by atoms with Crippen LogP contribution in [0.1, 0.15) is 57.6 Å². The lowest BCUT2D eigenvalue weighted by Crippen LogP contribution is -2.23. The van der Waals surface area contributed by atoms with Crippen molar-refractivity contribution in [2.24, 2.45) is 11.7 Å². The SMILES string of the molecule is CCC1CCC(Oc2ccc(C(C)N)cc2)CC1. The monoisotopic (exact) mass is 247 g/mol. The van der Waals surface area contributed by atoms with Crippen LogP contribution in [0.15, 0.2) is 24.3 Å². The molecule has 18 heavy (non-hydrogen) atoms. The van der Waals surface area contributed by atoms with Gasteiger partial charge in [-0.15, -0.1) is 0 Å². The predicted octanol–water partition coefficient (Wildman–Crippen LogP) is 4.05. The molecular weight excluding hydrogens is 222 g/mol. The summed E-state index contributed by atoms with van der Waals surface area (Å²) < 4.78 is 6.04. The van der Waals surface area contributed by atoms with Crippen molar-refractivity contribution in [3.8, 4) is 5.75 Å². The van der Waals surface area contributed by atoms with E-state index in [1.165, 1.54) is 32.1 Å². The second kappa shape index (κ2) is 6.24. The second-order valence-electron chi connectivity index (χ2n) is 5.53. The Kier molecular flexibility index (Phi) is 4.65. The third-order valence-corrected chi connectivity index (χ3v) is 4.08. The highest BCUT2D eigenvalue weighted by Gasteiger charge is 2.21. The highest BCUT2D eigenvalue weighted by atomic mass is 16.5. The summed E-state index contributed by atoms with van der Waals surface area (Å²) in [5, 5.41) is 0. The quantitative estimate of drug-likeness (QED) is 0.871. The standard InChI is InChI=1S/C16H25NO/c1-3-13-4-8-15(9-5-13)18-16-10-6-14(7-11-16)12(2)17/h6-7,10-13,15H,3-5,8-9,17H2,1-2H3. The van der Waals surface area contributed by atoms with E-state index in [9.17, 15) is 0 Å².